The van der Waals surface area contributed by atoms with E-state index in [4.69, 9.17) is 11.5 Å². The molecule has 2 aromatic rings. The minimum Gasteiger partial charge on any atom is -0.326 e. The maximum Gasteiger partial charge on any atom is 0.0566 e. The van der Waals surface area contributed by atoms with Crippen molar-refractivity contribution in [1.82, 2.24) is 4.98 Å². The summed E-state index contributed by atoms with van der Waals surface area (Å²) < 4.78 is 0. The Morgan fingerprint density at radius 2 is 1.81 bits per heavy atom. The van der Waals surface area contributed by atoms with Gasteiger partial charge in [0.25, 0.3) is 0 Å². The smallest absolute Gasteiger partial charge is 0.0566 e. The van der Waals surface area contributed by atoms with Gasteiger partial charge in [-0.1, -0.05) is 30.3 Å². The normalized spacial score (nSPS) is 12.4. The molecule has 82 valence electrons. The van der Waals surface area contributed by atoms with Gasteiger partial charge < -0.3 is 11.5 Å². The van der Waals surface area contributed by atoms with Gasteiger partial charge in [0, 0.05) is 18.9 Å². The van der Waals surface area contributed by atoms with E-state index in [0.717, 1.165) is 16.7 Å². The Morgan fingerprint density at radius 1 is 1.06 bits per heavy atom. The fraction of sp³-hybridized carbons (Fsp3) is 0.154. The molecule has 0 aliphatic carbocycles. The molecule has 0 spiro atoms. The van der Waals surface area contributed by atoms with Crippen LogP contribution in [0.1, 0.15) is 22.7 Å². The number of hydrogen-bond donors (Lipinski definition) is 2. The summed E-state index contributed by atoms with van der Waals surface area (Å²) in [5.41, 5.74) is 14.9. The lowest BCUT2D eigenvalue weighted by Crippen LogP contribution is -2.12. The lowest BCUT2D eigenvalue weighted by Gasteiger charge is -2.12. The van der Waals surface area contributed by atoms with Gasteiger partial charge in [0.15, 0.2) is 0 Å². The van der Waals surface area contributed by atoms with Crippen LogP contribution < -0.4 is 11.5 Å². The maximum absolute atomic E-state index is 6.14. The van der Waals surface area contributed by atoms with Crippen molar-refractivity contribution < 1.29 is 0 Å². The number of aromatic nitrogens is 1. The molecule has 3 heteroatoms. The Hall–Kier alpha value is -1.71. The minimum absolute atomic E-state index is 0.125. The fourth-order valence-corrected chi connectivity index (χ4v) is 1.61. The van der Waals surface area contributed by atoms with E-state index < -0.39 is 0 Å². The van der Waals surface area contributed by atoms with Gasteiger partial charge in [0.2, 0.25) is 0 Å². The Morgan fingerprint density at radius 3 is 2.38 bits per heavy atom. The van der Waals surface area contributed by atoms with Crippen molar-refractivity contribution in [2.24, 2.45) is 11.5 Å². The number of nitrogens with zero attached hydrogens (tertiary/aromatic N) is 1. The second-order valence-electron chi connectivity index (χ2n) is 3.71. The number of pyridine rings is 1. The third-order valence-corrected chi connectivity index (χ3v) is 2.62. The largest absolute Gasteiger partial charge is 0.326 e. The highest BCUT2D eigenvalue weighted by Gasteiger charge is 2.07. The monoisotopic (exact) mass is 213 g/mol. The molecule has 16 heavy (non-hydrogen) atoms. The molecule has 0 bridgehead atoms. The number of rotatable bonds is 3. The summed E-state index contributed by atoms with van der Waals surface area (Å²) in [6, 6.07) is 11.8. The first-order valence-electron chi connectivity index (χ1n) is 5.25. The average molecular weight is 213 g/mol. The van der Waals surface area contributed by atoms with Crippen LogP contribution in [0, 0.1) is 0 Å². The maximum atomic E-state index is 6.14. The third kappa shape index (κ3) is 2.27. The van der Waals surface area contributed by atoms with E-state index in [0.29, 0.717) is 6.54 Å². The van der Waals surface area contributed by atoms with Crippen molar-refractivity contribution in [3.05, 3.63) is 65.5 Å². The average Bonchev–Trinajstić information content (AvgIpc) is 2.39. The van der Waals surface area contributed by atoms with Crippen LogP contribution >= 0.6 is 0 Å². The molecule has 0 aliphatic heterocycles. The van der Waals surface area contributed by atoms with Crippen molar-refractivity contribution in [3.63, 3.8) is 0 Å². The molecule has 0 amide bonds. The summed E-state index contributed by atoms with van der Waals surface area (Å²) in [6.45, 7) is 0.558. The second-order valence-corrected chi connectivity index (χ2v) is 3.71. The van der Waals surface area contributed by atoms with E-state index in [1.165, 1.54) is 0 Å². The van der Waals surface area contributed by atoms with E-state index in [1.807, 2.05) is 36.4 Å². The van der Waals surface area contributed by atoms with Crippen LogP contribution in [0.4, 0.5) is 0 Å². The van der Waals surface area contributed by atoms with Gasteiger partial charge in [-0.3, -0.25) is 4.98 Å². The third-order valence-electron chi connectivity index (χ3n) is 2.62. The molecule has 0 fully saturated rings. The van der Waals surface area contributed by atoms with Crippen LogP contribution in [0.25, 0.3) is 0 Å². The van der Waals surface area contributed by atoms with Gasteiger partial charge in [0.05, 0.1) is 6.04 Å². The van der Waals surface area contributed by atoms with E-state index in [-0.39, 0.29) is 6.04 Å². The summed E-state index contributed by atoms with van der Waals surface area (Å²) in [5.74, 6) is 0. The van der Waals surface area contributed by atoms with E-state index in [9.17, 15) is 0 Å². The lowest BCUT2D eigenvalue weighted by atomic mass is 10.00. The molecule has 0 aliphatic rings. The van der Waals surface area contributed by atoms with Crippen LogP contribution in [-0.4, -0.2) is 4.98 Å². The lowest BCUT2D eigenvalue weighted by molar-refractivity contribution is 0.861. The standard InChI is InChI=1S/C13H15N3/c14-8-10-3-5-11(6-4-10)13(15)12-2-1-7-16-9-12/h1-7,9,13H,8,14-15H2. The SMILES string of the molecule is NCc1ccc(C(N)c2cccnc2)cc1. The second kappa shape index (κ2) is 4.88. The molecule has 1 aromatic heterocycles. The van der Waals surface area contributed by atoms with Gasteiger partial charge in [0.1, 0.15) is 0 Å². The Kier molecular flexibility index (Phi) is 3.29. The van der Waals surface area contributed by atoms with Crippen LogP contribution in [0.5, 0.6) is 0 Å². The molecule has 3 nitrogen and oxygen atoms in total. The van der Waals surface area contributed by atoms with Gasteiger partial charge in [-0.05, 0) is 22.8 Å². The molecule has 1 aromatic carbocycles. The van der Waals surface area contributed by atoms with Crippen LogP contribution in [0.3, 0.4) is 0 Å². The number of nitrogens with two attached hydrogens (primary N) is 2. The Bertz CT molecular complexity index is 436. The van der Waals surface area contributed by atoms with Crippen LogP contribution in [-0.2, 0) is 6.54 Å². The fourth-order valence-electron chi connectivity index (χ4n) is 1.61. The highest BCUT2D eigenvalue weighted by Crippen LogP contribution is 2.18. The van der Waals surface area contributed by atoms with Gasteiger partial charge in [-0.25, -0.2) is 0 Å². The predicted molar refractivity (Wildman–Crippen MR) is 64.6 cm³/mol. The molecule has 0 saturated carbocycles. The first-order chi connectivity index (χ1) is 7.81. The zero-order chi connectivity index (χ0) is 11.4. The molecule has 0 radical (unpaired) electrons. The zero-order valence-corrected chi connectivity index (χ0v) is 9.01. The van der Waals surface area contributed by atoms with Crippen molar-refractivity contribution in [2.45, 2.75) is 12.6 Å². The molecule has 4 N–H and O–H groups in total. The highest BCUT2D eigenvalue weighted by molar-refractivity contribution is 5.31. The number of benzene rings is 1. The molecule has 0 saturated heterocycles. The summed E-state index contributed by atoms with van der Waals surface area (Å²) in [5, 5.41) is 0. The molecular weight excluding hydrogens is 198 g/mol. The van der Waals surface area contributed by atoms with Crippen LogP contribution in [0.15, 0.2) is 48.8 Å². The summed E-state index contributed by atoms with van der Waals surface area (Å²) >= 11 is 0. The zero-order valence-electron chi connectivity index (χ0n) is 9.01. The van der Waals surface area contributed by atoms with Gasteiger partial charge >= 0.3 is 0 Å². The molecule has 2 rings (SSSR count). The Balaban J connectivity index is 2.24. The Labute approximate surface area is 95.1 Å². The molecular formula is C13H15N3. The summed E-state index contributed by atoms with van der Waals surface area (Å²) in [4.78, 5) is 4.06. The van der Waals surface area contributed by atoms with E-state index >= 15 is 0 Å². The number of hydrogen-bond acceptors (Lipinski definition) is 3. The first kappa shape index (κ1) is 10.8. The quantitative estimate of drug-likeness (QED) is 0.813. The minimum atomic E-state index is -0.125. The molecule has 1 unspecified atom stereocenters. The topological polar surface area (TPSA) is 64.9 Å². The highest BCUT2D eigenvalue weighted by atomic mass is 14.7. The van der Waals surface area contributed by atoms with Crippen LogP contribution in [0.2, 0.25) is 0 Å². The van der Waals surface area contributed by atoms with Crippen molar-refractivity contribution >= 4 is 0 Å². The van der Waals surface area contributed by atoms with Crippen molar-refractivity contribution in [1.29, 1.82) is 0 Å². The first-order valence-corrected chi connectivity index (χ1v) is 5.25. The van der Waals surface area contributed by atoms with E-state index in [1.54, 1.807) is 12.4 Å². The predicted octanol–water partition coefficient (Wildman–Crippen LogP) is 1.59. The molecule has 1 atom stereocenters. The van der Waals surface area contributed by atoms with Gasteiger partial charge in [-0.2, -0.15) is 0 Å². The van der Waals surface area contributed by atoms with Crippen molar-refractivity contribution in [2.75, 3.05) is 0 Å². The summed E-state index contributed by atoms with van der Waals surface area (Å²) in [7, 11) is 0. The summed E-state index contributed by atoms with van der Waals surface area (Å²) in [6.07, 6.45) is 3.54. The van der Waals surface area contributed by atoms with Gasteiger partial charge in [-0.15, -0.1) is 0 Å². The van der Waals surface area contributed by atoms with E-state index in [2.05, 4.69) is 4.98 Å². The van der Waals surface area contributed by atoms with Crippen molar-refractivity contribution in [3.8, 4) is 0 Å². The molecule has 1 heterocycles.